The second-order valence-electron chi connectivity index (χ2n) is 4.12. The molecule has 1 amide bonds. The molecular weight excluding hydrogens is 254 g/mol. The number of aliphatic hydroxyl groups is 1. The second-order valence-corrected chi connectivity index (χ2v) is 4.53. The van der Waals surface area contributed by atoms with Gasteiger partial charge in [0, 0.05) is 12.6 Å². The number of aliphatic hydroxyl groups excluding tert-OH is 1. The van der Waals surface area contributed by atoms with Gasteiger partial charge in [0.1, 0.15) is 5.75 Å². The zero-order valence-corrected chi connectivity index (χ0v) is 11.4. The van der Waals surface area contributed by atoms with Crippen molar-refractivity contribution in [1.29, 1.82) is 0 Å². The van der Waals surface area contributed by atoms with Crippen molar-refractivity contribution in [2.45, 2.75) is 19.9 Å². The molecule has 1 aromatic carbocycles. The first-order valence-electron chi connectivity index (χ1n) is 5.84. The molecule has 0 atom stereocenters. The van der Waals surface area contributed by atoms with Gasteiger partial charge in [0.25, 0.3) is 5.91 Å². The van der Waals surface area contributed by atoms with E-state index in [1.807, 2.05) is 13.8 Å². The van der Waals surface area contributed by atoms with E-state index in [2.05, 4.69) is 0 Å². The quantitative estimate of drug-likeness (QED) is 0.860. The molecule has 0 heterocycles. The van der Waals surface area contributed by atoms with Gasteiger partial charge in [-0.05, 0) is 26.0 Å². The monoisotopic (exact) mass is 271 g/mol. The van der Waals surface area contributed by atoms with Crippen LogP contribution in [0.15, 0.2) is 24.3 Å². The highest BCUT2D eigenvalue weighted by molar-refractivity contribution is 6.32. The van der Waals surface area contributed by atoms with Crippen LogP contribution in [0.1, 0.15) is 13.8 Å². The lowest BCUT2D eigenvalue weighted by atomic mass is 10.3. The normalized spacial score (nSPS) is 10.5. The maximum absolute atomic E-state index is 11.9. The van der Waals surface area contributed by atoms with Crippen molar-refractivity contribution >= 4 is 17.5 Å². The predicted molar refractivity (Wildman–Crippen MR) is 70.9 cm³/mol. The van der Waals surface area contributed by atoms with Gasteiger partial charge in [0.15, 0.2) is 6.61 Å². The number of para-hydroxylation sites is 1. The number of carbonyl (C=O) groups excluding carboxylic acids is 1. The van der Waals surface area contributed by atoms with Gasteiger partial charge in [0.2, 0.25) is 0 Å². The third-order valence-electron chi connectivity index (χ3n) is 2.47. The molecule has 0 aliphatic carbocycles. The Hall–Kier alpha value is -1.26. The summed E-state index contributed by atoms with van der Waals surface area (Å²) in [7, 11) is 0. The number of benzene rings is 1. The largest absolute Gasteiger partial charge is 0.482 e. The Bertz CT molecular complexity index is 396. The molecule has 0 bridgehead atoms. The summed E-state index contributed by atoms with van der Waals surface area (Å²) >= 11 is 5.92. The number of nitrogens with zero attached hydrogens (tertiary/aromatic N) is 1. The van der Waals surface area contributed by atoms with Crippen LogP contribution in [-0.4, -0.2) is 41.7 Å². The summed E-state index contributed by atoms with van der Waals surface area (Å²) in [6.45, 7) is 3.95. The van der Waals surface area contributed by atoms with Crippen LogP contribution in [0.3, 0.4) is 0 Å². The molecule has 100 valence electrons. The lowest BCUT2D eigenvalue weighted by molar-refractivity contribution is -0.135. The summed E-state index contributed by atoms with van der Waals surface area (Å²) in [5, 5.41) is 9.38. The van der Waals surface area contributed by atoms with Gasteiger partial charge in [-0.25, -0.2) is 0 Å². The van der Waals surface area contributed by atoms with Gasteiger partial charge >= 0.3 is 0 Å². The fourth-order valence-corrected chi connectivity index (χ4v) is 1.75. The van der Waals surface area contributed by atoms with Gasteiger partial charge in [0.05, 0.1) is 11.6 Å². The van der Waals surface area contributed by atoms with E-state index >= 15 is 0 Å². The van der Waals surface area contributed by atoms with Crippen molar-refractivity contribution in [2.24, 2.45) is 0 Å². The third-order valence-corrected chi connectivity index (χ3v) is 2.78. The van der Waals surface area contributed by atoms with Crippen LogP contribution in [0.5, 0.6) is 5.75 Å². The minimum atomic E-state index is -0.168. The predicted octanol–water partition coefficient (Wildman–Crippen LogP) is 1.95. The topological polar surface area (TPSA) is 49.8 Å². The van der Waals surface area contributed by atoms with Crippen molar-refractivity contribution in [3.63, 3.8) is 0 Å². The first kappa shape index (κ1) is 14.8. The third kappa shape index (κ3) is 4.20. The standard InChI is InChI=1S/C13H18ClNO3/c1-10(2)15(7-8-16)13(17)9-18-12-6-4-3-5-11(12)14/h3-6,10,16H,7-9H2,1-2H3. The van der Waals surface area contributed by atoms with Gasteiger partial charge in [-0.3, -0.25) is 4.79 Å². The first-order valence-corrected chi connectivity index (χ1v) is 6.21. The zero-order chi connectivity index (χ0) is 13.5. The molecule has 0 radical (unpaired) electrons. The Labute approximate surface area is 112 Å². The highest BCUT2D eigenvalue weighted by atomic mass is 35.5. The molecule has 0 unspecified atom stereocenters. The van der Waals surface area contributed by atoms with E-state index in [0.717, 1.165) is 0 Å². The van der Waals surface area contributed by atoms with E-state index in [4.69, 9.17) is 21.4 Å². The number of hydrogen-bond acceptors (Lipinski definition) is 3. The number of carbonyl (C=O) groups is 1. The fourth-order valence-electron chi connectivity index (χ4n) is 1.56. The van der Waals surface area contributed by atoms with Crippen molar-refractivity contribution in [2.75, 3.05) is 19.8 Å². The highest BCUT2D eigenvalue weighted by Gasteiger charge is 2.17. The molecule has 1 rings (SSSR count). The number of amides is 1. The maximum Gasteiger partial charge on any atom is 0.260 e. The van der Waals surface area contributed by atoms with E-state index in [-0.39, 0.29) is 25.2 Å². The zero-order valence-electron chi connectivity index (χ0n) is 10.6. The van der Waals surface area contributed by atoms with Crippen LogP contribution in [-0.2, 0) is 4.79 Å². The molecule has 5 heteroatoms. The van der Waals surface area contributed by atoms with E-state index in [0.29, 0.717) is 17.3 Å². The van der Waals surface area contributed by atoms with Crippen molar-refractivity contribution < 1.29 is 14.6 Å². The fraction of sp³-hybridized carbons (Fsp3) is 0.462. The maximum atomic E-state index is 11.9. The van der Waals surface area contributed by atoms with Crippen LogP contribution in [0, 0.1) is 0 Å². The molecule has 0 fully saturated rings. The van der Waals surface area contributed by atoms with Crippen molar-refractivity contribution in [3.05, 3.63) is 29.3 Å². The van der Waals surface area contributed by atoms with Crippen LogP contribution in [0.25, 0.3) is 0 Å². The molecule has 0 aliphatic rings. The van der Waals surface area contributed by atoms with Crippen LogP contribution >= 0.6 is 11.6 Å². The summed E-state index contributed by atoms with van der Waals surface area (Å²) in [6.07, 6.45) is 0. The number of hydrogen-bond donors (Lipinski definition) is 1. The molecule has 18 heavy (non-hydrogen) atoms. The van der Waals surface area contributed by atoms with Crippen LogP contribution < -0.4 is 4.74 Å². The Morgan fingerprint density at radius 3 is 2.67 bits per heavy atom. The molecule has 4 nitrogen and oxygen atoms in total. The van der Waals surface area contributed by atoms with Crippen LogP contribution in [0.2, 0.25) is 5.02 Å². The van der Waals surface area contributed by atoms with Crippen molar-refractivity contribution in [1.82, 2.24) is 4.90 Å². The molecule has 0 aromatic heterocycles. The van der Waals surface area contributed by atoms with E-state index < -0.39 is 0 Å². The highest BCUT2D eigenvalue weighted by Crippen LogP contribution is 2.23. The summed E-state index contributed by atoms with van der Waals surface area (Å²) in [4.78, 5) is 13.5. The molecule has 1 aromatic rings. The summed E-state index contributed by atoms with van der Waals surface area (Å²) in [5.41, 5.74) is 0. The van der Waals surface area contributed by atoms with Gasteiger partial charge in [-0.15, -0.1) is 0 Å². The second kappa shape index (κ2) is 7.24. The number of rotatable bonds is 6. The average molecular weight is 272 g/mol. The number of ether oxygens (including phenoxy) is 1. The molecule has 0 saturated heterocycles. The Kier molecular flexibility index (Phi) is 5.95. The first-order chi connectivity index (χ1) is 8.56. The average Bonchev–Trinajstić information content (AvgIpc) is 2.34. The van der Waals surface area contributed by atoms with Gasteiger partial charge in [-0.2, -0.15) is 0 Å². The molecule has 1 N–H and O–H groups in total. The molecule has 0 spiro atoms. The number of halogens is 1. The Balaban J connectivity index is 2.57. The molecular formula is C13H18ClNO3. The summed E-state index contributed by atoms with van der Waals surface area (Å²) in [6, 6.07) is 7.03. The van der Waals surface area contributed by atoms with Gasteiger partial charge < -0.3 is 14.7 Å². The van der Waals surface area contributed by atoms with Crippen molar-refractivity contribution in [3.8, 4) is 5.75 Å². The summed E-state index contributed by atoms with van der Waals surface area (Å²) in [5.74, 6) is 0.319. The lowest BCUT2D eigenvalue weighted by Crippen LogP contribution is -2.41. The smallest absolute Gasteiger partial charge is 0.260 e. The molecule has 0 aliphatic heterocycles. The lowest BCUT2D eigenvalue weighted by Gasteiger charge is -2.25. The minimum Gasteiger partial charge on any atom is -0.482 e. The van der Waals surface area contributed by atoms with E-state index in [1.165, 1.54) is 0 Å². The van der Waals surface area contributed by atoms with E-state index in [9.17, 15) is 4.79 Å². The molecule has 0 saturated carbocycles. The van der Waals surface area contributed by atoms with Crippen LogP contribution in [0.4, 0.5) is 0 Å². The Morgan fingerprint density at radius 1 is 1.44 bits per heavy atom. The minimum absolute atomic E-state index is 0.0273. The van der Waals surface area contributed by atoms with Gasteiger partial charge in [-0.1, -0.05) is 23.7 Å². The summed E-state index contributed by atoms with van der Waals surface area (Å²) < 4.78 is 5.37. The van der Waals surface area contributed by atoms with E-state index in [1.54, 1.807) is 29.2 Å². The SMILES string of the molecule is CC(C)N(CCO)C(=O)COc1ccccc1Cl. The Morgan fingerprint density at radius 2 is 2.11 bits per heavy atom.